The lowest BCUT2D eigenvalue weighted by atomic mass is 9.84. The molecule has 5 nitrogen and oxygen atoms in total. The normalized spacial score (nSPS) is 16.4. The SMILES string of the molecule is CNCCCC(=O)NCC1(C(=O)N(C)C)CCCC1.Cl. The third kappa shape index (κ3) is 5.29. The predicted octanol–water partition coefficient (Wildman–Crippen LogP) is 1.17. The van der Waals surface area contributed by atoms with E-state index in [0.29, 0.717) is 13.0 Å². The molecule has 2 amide bonds. The van der Waals surface area contributed by atoms with Gasteiger partial charge in [0.15, 0.2) is 0 Å². The van der Waals surface area contributed by atoms with Crippen LogP contribution in [0.15, 0.2) is 0 Å². The number of hydrogen-bond donors (Lipinski definition) is 2. The van der Waals surface area contributed by atoms with Gasteiger partial charge in [-0.3, -0.25) is 9.59 Å². The van der Waals surface area contributed by atoms with Gasteiger partial charge in [-0.25, -0.2) is 0 Å². The van der Waals surface area contributed by atoms with Crippen LogP contribution >= 0.6 is 12.4 Å². The third-order valence-corrected chi connectivity index (χ3v) is 3.88. The summed E-state index contributed by atoms with van der Waals surface area (Å²) in [7, 11) is 5.45. The number of nitrogens with zero attached hydrogens (tertiary/aromatic N) is 1. The van der Waals surface area contributed by atoms with Crippen molar-refractivity contribution in [1.29, 1.82) is 0 Å². The van der Waals surface area contributed by atoms with Crippen molar-refractivity contribution in [2.75, 3.05) is 34.2 Å². The lowest BCUT2D eigenvalue weighted by Gasteiger charge is -2.30. The minimum atomic E-state index is -0.359. The molecular formula is C14H28ClN3O2. The molecule has 0 unspecified atom stereocenters. The Kier molecular flexibility index (Phi) is 8.81. The van der Waals surface area contributed by atoms with Crippen molar-refractivity contribution >= 4 is 24.2 Å². The molecule has 0 spiro atoms. The molecule has 1 rings (SSSR count). The van der Waals surface area contributed by atoms with Crippen molar-refractivity contribution in [3.05, 3.63) is 0 Å². The molecule has 6 heteroatoms. The van der Waals surface area contributed by atoms with Crippen LogP contribution in [0.25, 0.3) is 0 Å². The van der Waals surface area contributed by atoms with Crippen molar-refractivity contribution in [3.63, 3.8) is 0 Å². The van der Waals surface area contributed by atoms with Gasteiger partial charge in [-0.1, -0.05) is 12.8 Å². The fourth-order valence-corrected chi connectivity index (χ4v) is 2.77. The summed E-state index contributed by atoms with van der Waals surface area (Å²) in [5.41, 5.74) is -0.359. The highest BCUT2D eigenvalue weighted by atomic mass is 35.5. The Bertz CT molecular complexity index is 316. The van der Waals surface area contributed by atoms with E-state index in [1.54, 1.807) is 19.0 Å². The van der Waals surface area contributed by atoms with E-state index < -0.39 is 0 Å². The van der Waals surface area contributed by atoms with Crippen LogP contribution in [0, 0.1) is 5.41 Å². The highest BCUT2D eigenvalue weighted by molar-refractivity contribution is 5.85. The number of hydrogen-bond acceptors (Lipinski definition) is 3. The standard InChI is InChI=1S/C14H27N3O2.ClH/c1-15-10-6-7-12(18)16-11-14(8-4-5-9-14)13(19)17(2)3;/h15H,4-11H2,1-3H3,(H,16,18);1H. The number of carbonyl (C=O) groups excluding carboxylic acids is 2. The number of rotatable bonds is 7. The highest BCUT2D eigenvalue weighted by Gasteiger charge is 2.42. The van der Waals surface area contributed by atoms with Crippen LogP contribution in [0.5, 0.6) is 0 Å². The highest BCUT2D eigenvalue weighted by Crippen LogP contribution is 2.38. The van der Waals surface area contributed by atoms with Crippen molar-refractivity contribution in [1.82, 2.24) is 15.5 Å². The number of nitrogens with one attached hydrogen (secondary N) is 2. The maximum Gasteiger partial charge on any atom is 0.230 e. The fraction of sp³-hybridized carbons (Fsp3) is 0.857. The van der Waals surface area contributed by atoms with Crippen molar-refractivity contribution in [2.24, 2.45) is 5.41 Å². The minimum Gasteiger partial charge on any atom is -0.355 e. The van der Waals surface area contributed by atoms with E-state index in [9.17, 15) is 9.59 Å². The first-order valence-electron chi connectivity index (χ1n) is 7.15. The van der Waals surface area contributed by atoms with Gasteiger partial charge in [0.2, 0.25) is 11.8 Å². The first-order valence-corrected chi connectivity index (χ1v) is 7.15. The van der Waals surface area contributed by atoms with E-state index in [-0.39, 0.29) is 29.6 Å². The second-order valence-corrected chi connectivity index (χ2v) is 5.67. The lowest BCUT2D eigenvalue weighted by Crippen LogP contribution is -2.46. The van der Waals surface area contributed by atoms with Crippen molar-refractivity contribution in [3.8, 4) is 0 Å². The Labute approximate surface area is 128 Å². The molecule has 118 valence electrons. The number of amides is 2. The van der Waals surface area contributed by atoms with E-state index in [1.165, 1.54) is 0 Å². The molecule has 0 aliphatic heterocycles. The molecule has 0 aromatic rings. The molecule has 0 bridgehead atoms. The molecule has 1 aliphatic carbocycles. The van der Waals surface area contributed by atoms with Gasteiger partial charge in [0, 0.05) is 27.1 Å². The van der Waals surface area contributed by atoms with Crippen LogP contribution in [-0.2, 0) is 9.59 Å². The summed E-state index contributed by atoms with van der Waals surface area (Å²) < 4.78 is 0. The van der Waals surface area contributed by atoms with Gasteiger partial charge in [0.05, 0.1) is 5.41 Å². The zero-order valence-electron chi connectivity index (χ0n) is 12.8. The molecule has 1 aliphatic rings. The summed E-state index contributed by atoms with van der Waals surface area (Å²) in [5, 5.41) is 5.97. The van der Waals surface area contributed by atoms with Crippen LogP contribution in [0.3, 0.4) is 0 Å². The molecule has 20 heavy (non-hydrogen) atoms. The van der Waals surface area contributed by atoms with E-state index in [1.807, 2.05) is 7.05 Å². The Morgan fingerprint density at radius 2 is 1.80 bits per heavy atom. The van der Waals surface area contributed by atoms with Gasteiger partial charge in [-0.05, 0) is 32.9 Å². The summed E-state index contributed by atoms with van der Waals surface area (Å²) in [5.74, 6) is 0.202. The van der Waals surface area contributed by atoms with Gasteiger partial charge in [-0.15, -0.1) is 12.4 Å². The summed E-state index contributed by atoms with van der Waals surface area (Å²) in [6.07, 6.45) is 5.29. The van der Waals surface area contributed by atoms with Gasteiger partial charge in [0.25, 0.3) is 0 Å². The average molecular weight is 306 g/mol. The first-order chi connectivity index (χ1) is 9.02. The Morgan fingerprint density at radius 1 is 1.20 bits per heavy atom. The molecule has 1 fully saturated rings. The molecule has 0 atom stereocenters. The summed E-state index contributed by atoms with van der Waals surface area (Å²) in [4.78, 5) is 25.7. The van der Waals surface area contributed by atoms with Crippen LogP contribution in [-0.4, -0.2) is 50.9 Å². The second-order valence-electron chi connectivity index (χ2n) is 5.67. The second kappa shape index (κ2) is 9.19. The fourth-order valence-electron chi connectivity index (χ4n) is 2.77. The number of halogens is 1. The molecule has 0 aromatic carbocycles. The Balaban J connectivity index is 0.00000361. The first kappa shape index (κ1) is 19.2. The van der Waals surface area contributed by atoms with E-state index in [2.05, 4.69) is 10.6 Å². The Hall–Kier alpha value is -0.810. The predicted molar refractivity (Wildman–Crippen MR) is 83.0 cm³/mol. The van der Waals surface area contributed by atoms with Gasteiger partial charge < -0.3 is 15.5 Å². The molecular weight excluding hydrogens is 278 g/mol. The zero-order chi connectivity index (χ0) is 14.3. The Morgan fingerprint density at radius 3 is 2.30 bits per heavy atom. The largest absolute Gasteiger partial charge is 0.355 e. The van der Waals surface area contributed by atoms with Crippen LogP contribution < -0.4 is 10.6 Å². The summed E-state index contributed by atoms with van der Waals surface area (Å²) >= 11 is 0. The maximum atomic E-state index is 12.3. The van der Waals surface area contributed by atoms with Crippen LogP contribution in [0.2, 0.25) is 0 Å². The van der Waals surface area contributed by atoms with Gasteiger partial charge in [-0.2, -0.15) is 0 Å². The zero-order valence-corrected chi connectivity index (χ0v) is 13.6. The van der Waals surface area contributed by atoms with E-state index >= 15 is 0 Å². The monoisotopic (exact) mass is 305 g/mol. The summed E-state index contributed by atoms with van der Waals surface area (Å²) in [6.45, 7) is 1.33. The van der Waals surface area contributed by atoms with Gasteiger partial charge >= 0.3 is 0 Å². The van der Waals surface area contributed by atoms with Crippen molar-refractivity contribution in [2.45, 2.75) is 38.5 Å². The van der Waals surface area contributed by atoms with Gasteiger partial charge in [0.1, 0.15) is 0 Å². The lowest BCUT2D eigenvalue weighted by molar-refractivity contribution is -0.139. The quantitative estimate of drug-likeness (QED) is 0.694. The average Bonchev–Trinajstić information content (AvgIpc) is 2.85. The van der Waals surface area contributed by atoms with Crippen LogP contribution in [0.4, 0.5) is 0 Å². The van der Waals surface area contributed by atoms with Crippen LogP contribution in [0.1, 0.15) is 38.5 Å². The topological polar surface area (TPSA) is 61.4 Å². The smallest absolute Gasteiger partial charge is 0.230 e. The third-order valence-electron chi connectivity index (χ3n) is 3.88. The molecule has 0 aromatic heterocycles. The maximum absolute atomic E-state index is 12.3. The van der Waals surface area contributed by atoms with E-state index in [4.69, 9.17) is 0 Å². The summed E-state index contributed by atoms with van der Waals surface area (Å²) in [6, 6.07) is 0. The molecule has 1 saturated carbocycles. The minimum absolute atomic E-state index is 0. The number of carbonyl (C=O) groups is 2. The molecule has 0 saturated heterocycles. The molecule has 0 heterocycles. The van der Waals surface area contributed by atoms with E-state index in [0.717, 1.165) is 38.6 Å². The molecule has 0 radical (unpaired) electrons. The molecule has 2 N–H and O–H groups in total. The van der Waals surface area contributed by atoms with Crippen molar-refractivity contribution < 1.29 is 9.59 Å².